The number of carbonyl (C=O) groups excluding carboxylic acids is 2. The summed E-state index contributed by atoms with van der Waals surface area (Å²) in [5.74, 6) is -5.95. The number of benzene rings is 2. The van der Waals surface area contributed by atoms with Crippen LogP contribution in [0.5, 0.6) is 0 Å². The molecule has 0 saturated heterocycles. The summed E-state index contributed by atoms with van der Waals surface area (Å²) in [7, 11) is 0. The van der Waals surface area contributed by atoms with Gasteiger partial charge in [0.1, 0.15) is 34.5 Å². The van der Waals surface area contributed by atoms with Gasteiger partial charge in [-0.05, 0) is 52.0 Å². The van der Waals surface area contributed by atoms with Crippen LogP contribution in [0.1, 0.15) is 27.7 Å². The maximum absolute atomic E-state index is 13.3. The molecule has 0 saturated carbocycles. The number of rotatable bonds is 8. The average molecular weight is 540 g/mol. The Morgan fingerprint density at radius 2 is 1.05 bits per heavy atom. The van der Waals surface area contributed by atoms with Crippen molar-refractivity contribution in [2.45, 2.75) is 27.7 Å². The van der Waals surface area contributed by atoms with Gasteiger partial charge in [-0.25, -0.2) is 27.2 Å². The van der Waals surface area contributed by atoms with Gasteiger partial charge in [-0.15, -0.1) is 20.5 Å². The molecule has 38 heavy (non-hydrogen) atoms. The number of aliphatic hydroxyl groups is 2. The molecule has 14 heteroatoms. The first-order valence-corrected chi connectivity index (χ1v) is 10.8. The van der Waals surface area contributed by atoms with Crippen molar-refractivity contribution in [1.82, 2.24) is 0 Å². The summed E-state index contributed by atoms with van der Waals surface area (Å²) in [4.78, 5) is 22.8. The third-order valence-corrected chi connectivity index (χ3v) is 3.96. The Morgan fingerprint density at radius 3 is 1.32 bits per heavy atom. The zero-order valence-corrected chi connectivity index (χ0v) is 20.7. The van der Waals surface area contributed by atoms with Crippen LogP contribution in [0.4, 0.5) is 28.9 Å². The number of ether oxygens (including phenoxy) is 2. The Bertz CT molecular complexity index is 1170. The first-order valence-electron chi connectivity index (χ1n) is 10.8. The number of azo groups is 2. The van der Waals surface area contributed by atoms with Crippen LogP contribution in [0.2, 0.25) is 0 Å². The Hall–Kier alpha value is -4.62. The van der Waals surface area contributed by atoms with Crippen LogP contribution in [-0.2, 0) is 19.1 Å². The molecule has 0 unspecified atom stereocenters. The number of aliphatic hydroxyl groups excluding tert-OH is 2. The first kappa shape index (κ1) is 31.4. The van der Waals surface area contributed by atoms with Crippen LogP contribution in [0.15, 0.2) is 79.8 Å². The molecule has 2 rings (SSSR count). The lowest BCUT2D eigenvalue weighted by molar-refractivity contribution is -0.139. The third-order valence-electron chi connectivity index (χ3n) is 3.96. The number of esters is 2. The van der Waals surface area contributed by atoms with Crippen molar-refractivity contribution in [1.29, 1.82) is 0 Å². The van der Waals surface area contributed by atoms with Crippen molar-refractivity contribution >= 4 is 23.3 Å². The first-order chi connectivity index (χ1) is 17.9. The fourth-order valence-corrected chi connectivity index (χ4v) is 2.25. The van der Waals surface area contributed by atoms with E-state index in [1.165, 1.54) is 13.8 Å². The van der Waals surface area contributed by atoms with Crippen molar-refractivity contribution in [3.05, 3.63) is 82.6 Å². The van der Waals surface area contributed by atoms with Gasteiger partial charge in [0.2, 0.25) is 11.4 Å². The van der Waals surface area contributed by atoms with E-state index < -0.39 is 58.1 Å². The van der Waals surface area contributed by atoms with Gasteiger partial charge in [-0.3, -0.25) is 0 Å². The number of hydrogen-bond donors (Lipinski definition) is 2. The summed E-state index contributed by atoms with van der Waals surface area (Å²) < 4.78 is 61.1. The van der Waals surface area contributed by atoms with Crippen molar-refractivity contribution < 1.29 is 46.8 Å². The van der Waals surface area contributed by atoms with E-state index >= 15 is 0 Å². The summed E-state index contributed by atoms with van der Waals surface area (Å²) in [6, 6.07) is 5.38. The Morgan fingerprint density at radius 1 is 0.711 bits per heavy atom. The van der Waals surface area contributed by atoms with Crippen LogP contribution >= 0.6 is 0 Å². The standard InChI is InChI=1S/2C12H12F2N2O3/c2*1-3-19-12(18)11(7(2)17)16-15-10-5-4-8(13)6-9(10)14/h2*4-6,17H,3H2,1-2H3/b2*11-7-,16-15?. The molecular weight excluding hydrogens is 516 g/mol. The van der Waals surface area contributed by atoms with Gasteiger partial charge in [0.25, 0.3) is 0 Å². The van der Waals surface area contributed by atoms with Gasteiger partial charge >= 0.3 is 11.9 Å². The van der Waals surface area contributed by atoms with Crippen LogP contribution in [0.3, 0.4) is 0 Å². The molecular formula is C24H24F4N4O6. The van der Waals surface area contributed by atoms with Crippen LogP contribution in [0, 0.1) is 23.3 Å². The third kappa shape index (κ3) is 10.2. The number of nitrogens with zero attached hydrogens (tertiary/aromatic N) is 4. The van der Waals surface area contributed by atoms with E-state index in [1.807, 2.05) is 0 Å². The van der Waals surface area contributed by atoms with Gasteiger partial charge < -0.3 is 19.7 Å². The smallest absolute Gasteiger partial charge is 0.362 e. The van der Waals surface area contributed by atoms with Gasteiger partial charge in [0.05, 0.1) is 13.2 Å². The zero-order chi connectivity index (χ0) is 28.8. The lowest BCUT2D eigenvalue weighted by Gasteiger charge is -2.02. The molecule has 0 amide bonds. The van der Waals surface area contributed by atoms with Crippen LogP contribution in [-0.4, -0.2) is 35.4 Å². The van der Waals surface area contributed by atoms with Crippen LogP contribution < -0.4 is 0 Å². The Balaban J connectivity index is 0.000000380. The fourth-order valence-electron chi connectivity index (χ4n) is 2.25. The normalized spacial score (nSPS) is 12.4. The molecule has 2 N–H and O–H groups in total. The van der Waals surface area contributed by atoms with Gasteiger partial charge in [-0.2, -0.15) is 0 Å². The molecule has 2 aromatic rings. The highest BCUT2D eigenvalue weighted by atomic mass is 19.1. The summed E-state index contributed by atoms with van der Waals surface area (Å²) in [5, 5.41) is 32.3. The van der Waals surface area contributed by atoms with Gasteiger partial charge in [-0.1, -0.05) is 0 Å². The summed E-state index contributed by atoms with van der Waals surface area (Å²) in [6.07, 6.45) is 0. The molecule has 10 nitrogen and oxygen atoms in total. The molecule has 204 valence electrons. The molecule has 0 bridgehead atoms. The number of halogens is 4. The zero-order valence-electron chi connectivity index (χ0n) is 20.7. The van der Waals surface area contributed by atoms with Gasteiger partial charge in [0, 0.05) is 12.1 Å². The van der Waals surface area contributed by atoms with Crippen molar-refractivity contribution in [3.63, 3.8) is 0 Å². The summed E-state index contributed by atoms with van der Waals surface area (Å²) in [6.45, 7) is 5.78. The van der Waals surface area contributed by atoms with E-state index in [0.717, 1.165) is 24.3 Å². The van der Waals surface area contributed by atoms with E-state index in [2.05, 4.69) is 29.9 Å². The molecule has 0 aliphatic heterocycles. The SMILES string of the molecule is CCOC(=O)/C(N=Nc1ccc(F)cc1F)=C(\C)O.CCOC(=O)/C(N=Nc1ccc(F)cc1F)=C(\C)O. The highest BCUT2D eigenvalue weighted by Gasteiger charge is 2.15. The lowest BCUT2D eigenvalue weighted by atomic mass is 10.3. The minimum absolute atomic E-state index is 0.0933. The molecule has 0 aliphatic rings. The molecule has 0 atom stereocenters. The Kier molecular flexibility index (Phi) is 12.8. The fraction of sp³-hybridized carbons (Fsp3) is 0.250. The van der Waals surface area contributed by atoms with E-state index in [1.54, 1.807) is 13.8 Å². The Labute approximate surface area is 214 Å². The number of carbonyl (C=O) groups is 2. The van der Waals surface area contributed by atoms with Crippen molar-refractivity contribution in [2.24, 2.45) is 20.5 Å². The minimum Gasteiger partial charge on any atom is -0.510 e. The van der Waals surface area contributed by atoms with Crippen LogP contribution in [0.25, 0.3) is 0 Å². The largest absolute Gasteiger partial charge is 0.510 e. The molecule has 0 spiro atoms. The van der Waals surface area contributed by atoms with E-state index in [9.17, 15) is 37.4 Å². The highest BCUT2D eigenvalue weighted by Crippen LogP contribution is 2.21. The van der Waals surface area contributed by atoms with E-state index in [4.69, 9.17) is 0 Å². The molecule has 0 fully saturated rings. The monoisotopic (exact) mass is 540 g/mol. The molecule has 0 aromatic heterocycles. The van der Waals surface area contributed by atoms with Gasteiger partial charge in [0.15, 0.2) is 11.6 Å². The maximum Gasteiger partial charge on any atom is 0.362 e. The number of hydrogen-bond acceptors (Lipinski definition) is 10. The second-order valence-corrected chi connectivity index (χ2v) is 6.90. The minimum atomic E-state index is -0.928. The predicted octanol–water partition coefficient (Wildman–Crippen LogP) is 6.80. The van der Waals surface area contributed by atoms with E-state index in [0.29, 0.717) is 12.1 Å². The quantitative estimate of drug-likeness (QED) is 0.124. The maximum atomic E-state index is 13.3. The summed E-state index contributed by atoms with van der Waals surface area (Å²) >= 11 is 0. The summed E-state index contributed by atoms with van der Waals surface area (Å²) in [5.41, 5.74) is -1.40. The molecule has 0 radical (unpaired) electrons. The second-order valence-electron chi connectivity index (χ2n) is 6.90. The van der Waals surface area contributed by atoms with Crippen molar-refractivity contribution in [2.75, 3.05) is 13.2 Å². The molecule has 2 aromatic carbocycles. The topological polar surface area (TPSA) is 142 Å². The second kappa shape index (κ2) is 15.5. The lowest BCUT2D eigenvalue weighted by Crippen LogP contribution is -2.07. The average Bonchev–Trinajstić information content (AvgIpc) is 2.82. The molecule has 0 heterocycles. The predicted molar refractivity (Wildman–Crippen MR) is 126 cm³/mol. The molecule has 0 aliphatic carbocycles. The highest BCUT2D eigenvalue weighted by molar-refractivity contribution is 5.88. The van der Waals surface area contributed by atoms with Crippen molar-refractivity contribution in [3.8, 4) is 0 Å². The van der Waals surface area contributed by atoms with E-state index in [-0.39, 0.29) is 24.6 Å². The number of allylic oxidation sites excluding steroid dienone is 2.